The van der Waals surface area contributed by atoms with Gasteiger partial charge in [-0.15, -0.1) is 0 Å². The first-order valence-electron chi connectivity index (χ1n) is 7.32. The molecule has 0 saturated heterocycles. The Morgan fingerprint density at radius 3 is 2.60 bits per heavy atom. The Morgan fingerprint density at radius 2 is 1.80 bits per heavy atom. The first-order valence-corrected chi connectivity index (χ1v) is 7.32. The van der Waals surface area contributed by atoms with Crippen LogP contribution >= 0.6 is 0 Å². The van der Waals surface area contributed by atoms with E-state index in [1.807, 2.05) is 18.2 Å². The Labute approximate surface area is 120 Å². The molecule has 0 spiro atoms. The summed E-state index contributed by atoms with van der Waals surface area (Å²) in [4.78, 5) is 2.44. The van der Waals surface area contributed by atoms with Crippen molar-refractivity contribution in [3.63, 3.8) is 0 Å². The number of phenols is 1. The molecule has 1 aliphatic heterocycles. The van der Waals surface area contributed by atoms with E-state index >= 15 is 0 Å². The van der Waals surface area contributed by atoms with E-state index in [4.69, 9.17) is 0 Å². The zero-order valence-corrected chi connectivity index (χ0v) is 12.1. The van der Waals surface area contributed by atoms with Gasteiger partial charge in [-0.25, -0.2) is 0 Å². The molecule has 2 nitrogen and oxygen atoms in total. The Kier molecular flexibility index (Phi) is 3.39. The zero-order valence-electron chi connectivity index (χ0n) is 12.1. The van der Waals surface area contributed by atoms with E-state index in [-0.39, 0.29) is 6.04 Å². The monoisotopic (exact) mass is 267 g/mol. The number of fused-ring (bicyclic) bond motifs is 1. The van der Waals surface area contributed by atoms with Gasteiger partial charge in [-0.3, -0.25) is 0 Å². The molecule has 0 radical (unpaired) electrons. The molecule has 1 aliphatic rings. The molecule has 1 N–H and O–H groups in total. The predicted molar refractivity (Wildman–Crippen MR) is 83.2 cm³/mol. The number of aromatic hydroxyl groups is 1. The Morgan fingerprint density at radius 1 is 1.10 bits per heavy atom. The number of benzene rings is 2. The number of rotatable bonds is 2. The molecule has 2 heteroatoms. The molecular weight excluding hydrogens is 246 g/mol. The van der Waals surface area contributed by atoms with Gasteiger partial charge in [-0.05, 0) is 44.4 Å². The van der Waals surface area contributed by atoms with E-state index in [1.54, 1.807) is 6.07 Å². The number of hydrogen-bond donors (Lipinski definition) is 1. The number of para-hydroxylation sites is 2. The lowest BCUT2D eigenvalue weighted by molar-refractivity contribution is 0.450. The van der Waals surface area contributed by atoms with Crippen molar-refractivity contribution in [2.45, 2.75) is 38.8 Å². The molecule has 0 saturated carbocycles. The van der Waals surface area contributed by atoms with Crippen molar-refractivity contribution in [3.05, 3.63) is 59.7 Å². The largest absolute Gasteiger partial charge is 0.508 e. The van der Waals surface area contributed by atoms with Crippen LogP contribution in [-0.2, 0) is 6.42 Å². The summed E-state index contributed by atoms with van der Waals surface area (Å²) in [6.45, 7) is 4.44. The van der Waals surface area contributed by atoms with Gasteiger partial charge in [0.2, 0.25) is 0 Å². The van der Waals surface area contributed by atoms with E-state index < -0.39 is 0 Å². The molecule has 0 fully saturated rings. The van der Waals surface area contributed by atoms with Gasteiger partial charge >= 0.3 is 0 Å². The van der Waals surface area contributed by atoms with Crippen LogP contribution in [0.2, 0.25) is 0 Å². The van der Waals surface area contributed by atoms with E-state index in [0.717, 1.165) is 18.4 Å². The summed E-state index contributed by atoms with van der Waals surface area (Å²) in [5.41, 5.74) is 3.71. The van der Waals surface area contributed by atoms with Crippen molar-refractivity contribution in [1.29, 1.82) is 0 Å². The van der Waals surface area contributed by atoms with E-state index in [2.05, 4.69) is 43.0 Å². The predicted octanol–water partition coefficient (Wildman–Crippen LogP) is 4.29. The van der Waals surface area contributed by atoms with Crippen molar-refractivity contribution in [3.8, 4) is 5.75 Å². The number of hydrogen-bond acceptors (Lipinski definition) is 2. The molecule has 1 heterocycles. The SMILES string of the molecule is CC1CCc2ccccc2N1C(C)c1ccccc1O. The lowest BCUT2D eigenvalue weighted by Crippen LogP contribution is -2.39. The Balaban J connectivity index is 2.03. The lowest BCUT2D eigenvalue weighted by Gasteiger charge is -2.41. The zero-order chi connectivity index (χ0) is 14.1. The Bertz CT molecular complexity index is 608. The van der Waals surface area contributed by atoms with Crippen molar-refractivity contribution in [2.24, 2.45) is 0 Å². The quantitative estimate of drug-likeness (QED) is 0.877. The van der Waals surface area contributed by atoms with Crippen LogP contribution < -0.4 is 4.90 Å². The second-order valence-electron chi connectivity index (χ2n) is 5.66. The third-order valence-electron chi connectivity index (χ3n) is 4.38. The first kappa shape index (κ1) is 13.0. The highest BCUT2D eigenvalue weighted by Gasteiger charge is 2.28. The van der Waals surface area contributed by atoms with Gasteiger partial charge in [-0.2, -0.15) is 0 Å². The minimum atomic E-state index is 0.174. The topological polar surface area (TPSA) is 23.5 Å². The lowest BCUT2D eigenvalue weighted by atomic mass is 9.93. The second-order valence-corrected chi connectivity index (χ2v) is 5.66. The molecular formula is C18H21NO. The first-order chi connectivity index (χ1) is 9.68. The summed E-state index contributed by atoms with van der Waals surface area (Å²) in [6.07, 6.45) is 2.30. The molecule has 0 aromatic heterocycles. The normalized spacial score (nSPS) is 19.5. The van der Waals surface area contributed by atoms with Gasteiger partial charge in [-0.1, -0.05) is 36.4 Å². The molecule has 20 heavy (non-hydrogen) atoms. The minimum absolute atomic E-state index is 0.174. The Hall–Kier alpha value is -1.96. The molecule has 0 bridgehead atoms. The van der Waals surface area contributed by atoms with Crippen molar-refractivity contribution < 1.29 is 5.11 Å². The molecule has 2 aromatic carbocycles. The van der Waals surface area contributed by atoms with Crippen LogP contribution in [0.1, 0.15) is 37.4 Å². The van der Waals surface area contributed by atoms with Crippen LogP contribution in [0.4, 0.5) is 5.69 Å². The van der Waals surface area contributed by atoms with Crippen LogP contribution in [0.3, 0.4) is 0 Å². The van der Waals surface area contributed by atoms with Crippen LogP contribution in [-0.4, -0.2) is 11.1 Å². The maximum Gasteiger partial charge on any atom is 0.120 e. The summed E-state index contributed by atoms with van der Waals surface area (Å²) in [5.74, 6) is 0.384. The third-order valence-corrected chi connectivity index (χ3v) is 4.38. The van der Waals surface area contributed by atoms with Crippen LogP contribution in [0.25, 0.3) is 0 Å². The average Bonchev–Trinajstić information content (AvgIpc) is 2.47. The highest BCUT2D eigenvalue weighted by Crippen LogP contribution is 2.39. The molecule has 2 aromatic rings. The third kappa shape index (κ3) is 2.15. The molecule has 104 valence electrons. The molecule has 0 aliphatic carbocycles. The minimum Gasteiger partial charge on any atom is -0.508 e. The van der Waals surface area contributed by atoms with Gasteiger partial charge in [0.1, 0.15) is 5.75 Å². The van der Waals surface area contributed by atoms with Crippen molar-refractivity contribution in [2.75, 3.05) is 4.90 Å². The molecule has 2 unspecified atom stereocenters. The fourth-order valence-corrected chi connectivity index (χ4v) is 3.30. The van der Waals surface area contributed by atoms with E-state index in [9.17, 15) is 5.11 Å². The standard InChI is InChI=1S/C18H21NO/c1-13-11-12-15-7-3-5-9-17(15)19(13)14(2)16-8-4-6-10-18(16)20/h3-10,13-14,20H,11-12H2,1-2H3. The van der Waals surface area contributed by atoms with Crippen LogP contribution in [0.15, 0.2) is 48.5 Å². The molecule has 3 rings (SSSR count). The highest BCUT2D eigenvalue weighted by atomic mass is 16.3. The number of nitrogens with zero attached hydrogens (tertiary/aromatic N) is 1. The second kappa shape index (κ2) is 5.20. The summed E-state index contributed by atoms with van der Waals surface area (Å²) in [5, 5.41) is 10.1. The molecule has 2 atom stereocenters. The van der Waals surface area contributed by atoms with Gasteiger partial charge in [0.05, 0.1) is 6.04 Å². The van der Waals surface area contributed by atoms with Gasteiger partial charge < -0.3 is 10.0 Å². The van der Waals surface area contributed by atoms with Crippen LogP contribution in [0, 0.1) is 0 Å². The van der Waals surface area contributed by atoms with Crippen LogP contribution in [0.5, 0.6) is 5.75 Å². The van der Waals surface area contributed by atoms with E-state index in [0.29, 0.717) is 11.8 Å². The summed E-state index contributed by atoms with van der Waals surface area (Å²) in [7, 11) is 0. The van der Waals surface area contributed by atoms with Gasteiger partial charge in [0.25, 0.3) is 0 Å². The highest BCUT2D eigenvalue weighted by molar-refractivity contribution is 5.58. The number of phenolic OH excluding ortho intramolecular Hbond substituents is 1. The van der Waals surface area contributed by atoms with Gasteiger partial charge in [0, 0.05) is 17.3 Å². The van der Waals surface area contributed by atoms with Gasteiger partial charge in [0.15, 0.2) is 0 Å². The fourth-order valence-electron chi connectivity index (χ4n) is 3.30. The maximum atomic E-state index is 10.1. The van der Waals surface area contributed by atoms with Crippen molar-refractivity contribution in [1.82, 2.24) is 0 Å². The maximum absolute atomic E-state index is 10.1. The average molecular weight is 267 g/mol. The molecule has 0 amide bonds. The van der Waals surface area contributed by atoms with E-state index in [1.165, 1.54) is 11.3 Å². The number of aryl methyl sites for hydroxylation is 1. The summed E-state index contributed by atoms with van der Waals surface area (Å²) >= 11 is 0. The smallest absolute Gasteiger partial charge is 0.120 e. The summed E-state index contributed by atoms with van der Waals surface area (Å²) < 4.78 is 0. The fraction of sp³-hybridized carbons (Fsp3) is 0.333. The summed E-state index contributed by atoms with van der Waals surface area (Å²) in [6, 6.07) is 16.9. The van der Waals surface area contributed by atoms with Crippen molar-refractivity contribution >= 4 is 5.69 Å². The number of anilines is 1.